The van der Waals surface area contributed by atoms with Gasteiger partial charge in [-0.1, -0.05) is 0 Å². The van der Waals surface area contributed by atoms with Crippen LogP contribution in [-0.2, 0) is 17.4 Å². The molecule has 1 atom stereocenters. The van der Waals surface area contributed by atoms with Gasteiger partial charge in [0.25, 0.3) is 0 Å². The molecule has 0 aromatic carbocycles. The van der Waals surface area contributed by atoms with E-state index < -0.39 is 0 Å². The van der Waals surface area contributed by atoms with Crippen LogP contribution in [0.25, 0.3) is 0 Å². The van der Waals surface area contributed by atoms with Crippen molar-refractivity contribution in [1.82, 2.24) is 9.78 Å². The van der Waals surface area contributed by atoms with Crippen LogP contribution in [0.3, 0.4) is 0 Å². The number of hydrogen-bond donors (Lipinski definition) is 0. The summed E-state index contributed by atoms with van der Waals surface area (Å²) in [5.74, 6) is 0. The Bertz CT molecular complexity index is 250. The molecule has 1 unspecified atom stereocenters. The predicted molar refractivity (Wildman–Crippen MR) is 36.5 cm³/mol. The molecule has 0 spiro atoms. The SMILES string of the molecule is Cn1nccc1C1(C)CO1. The zero-order valence-electron chi connectivity index (χ0n) is 6.16. The number of epoxide rings is 1. The summed E-state index contributed by atoms with van der Waals surface area (Å²) in [7, 11) is 1.93. The van der Waals surface area contributed by atoms with Crippen LogP contribution >= 0.6 is 0 Å². The van der Waals surface area contributed by atoms with E-state index in [1.807, 2.05) is 17.8 Å². The summed E-state index contributed by atoms with van der Waals surface area (Å²) in [6.07, 6.45) is 1.79. The van der Waals surface area contributed by atoms with E-state index in [1.54, 1.807) is 6.20 Å². The van der Waals surface area contributed by atoms with E-state index in [0.29, 0.717) is 0 Å². The van der Waals surface area contributed by atoms with Gasteiger partial charge in [-0.25, -0.2) is 0 Å². The van der Waals surface area contributed by atoms with Crippen molar-refractivity contribution in [2.45, 2.75) is 12.5 Å². The Balaban J connectivity index is 2.42. The summed E-state index contributed by atoms with van der Waals surface area (Å²) in [5.41, 5.74) is 1.12. The van der Waals surface area contributed by atoms with Gasteiger partial charge >= 0.3 is 0 Å². The fraction of sp³-hybridized carbons (Fsp3) is 0.571. The van der Waals surface area contributed by atoms with Crippen LogP contribution in [0.4, 0.5) is 0 Å². The summed E-state index contributed by atoms with van der Waals surface area (Å²) < 4.78 is 7.11. The third-order valence-electron chi connectivity index (χ3n) is 1.94. The topological polar surface area (TPSA) is 30.4 Å². The number of ether oxygens (including phenoxy) is 1. The minimum Gasteiger partial charge on any atom is -0.363 e. The zero-order chi connectivity index (χ0) is 7.19. The fourth-order valence-electron chi connectivity index (χ4n) is 1.15. The minimum atomic E-state index is -0.0365. The molecule has 1 saturated heterocycles. The Morgan fingerprint density at radius 2 is 2.50 bits per heavy atom. The second kappa shape index (κ2) is 1.61. The zero-order valence-corrected chi connectivity index (χ0v) is 6.16. The average molecular weight is 138 g/mol. The van der Waals surface area contributed by atoms with Crippen molar-refractivity contribution in [2.75, 3.05) is 6.61 Å². The van der Waals surface area contributed by atoms with E-state index in [9.17, 15) is 0 Å². The lowest BCUT2D eigenvalue weighted by Crippen LogP contribution is -2.09. The van der Waals surface area contributed by atoms with Crippen LogP contribution < -0.4 is 0 Å². The molecule has 1 aliphatic rings. The first-order chi connectivity index (χ1) is 4.72. The van der Waals surface area contributed by atoms with Crippen molar-refractivity contribution in [1.29, 1.82) is 0 Å². The standard InChI is InChI=1S/C7H10N2O/c1-7(5-10-7)6-3-4-8-9(6)2/h3-4H,5H2,1-2H3. The number of aryl methyl sites for hydroxylation is 1. The van der Waals surface area contributed by atoms with E-state index in [2.05, 4.69) is 12.0 Å². The summed E-state index contributed by atoms with van der Waals surface area (Å²) in [5, 5.41) is 4.06. The molecule has 0 radical (unpaired) electrons. The maximum atomic E-state index is 5.26. The van der Waals surface area contributed by atoms with Gasteiger partial charge in [-0.15, -0.1) is 0 Å². The summed E-state index contributed by atoms with van der Waals surface area (Å²) in [6, 6.07) is 1.99. The lowest BCUT2D eigenvalue weighted by atomic mass is 10.1. The first-order valence-electron chi connectivity index (χ1n) is 3.35. The monoisotopic (exact) mass is 138 g/mol. The molecule has 0 bridgehead atoms. The van der Waals surface area contributed by atoms with Gasteiger partial charge in [-0.2, -0.15) is 5.10 Å². The smallest absolute Gasteiger partial charge is 0.130 e. The number of hydrogen-bond acceptors (Lipinski definition) is 2. The molecule has 0 N–H and O–H groups in total. The third kappa shape index (κ3) is 0.671. The fourth-order valence-corrected chi connectivity index (χ4v) is 1.15. The molecule has 1 aromatic heterocycles. The van der Waals surface area contributed by atoms with Crippen LogP contribution in [0.1, 0.15) is 12.6 Å². The molecule has 3 nitrogen and oxygen atoms in total. The Morgan fingerprint density at radius 3 is 2.90 bits per heavy atom. The van der Waals surface area contributed by atoms with Gasteiger partial charge in [0.05, 0.1) is 12.3 Å². The Kier molecular flexibility index (Phi) is 0.951. The molecule has 2 heterocycles. The molecule has 0 aliphatic carbocycles. The van der Waals surface area contributed by atoms with Crippen LogP contribution in [0.2, 0.25) is 0 Å². The Labute approximate surface area is 59.6 Å². The van der Waals surface area contributed by atoms with Gasteiger partial charge < -0.3 is 4.74 Å². The van der Waals surface area contributed by atoms with Crippen molar-refractivity contribution < 1.29 is 4.74 Å². The van der Waals surface area contributed by atoms with Gasteiger partial charge in [0, 0.05) is 13.2 Å². The van der Waals surface area contributed by atoms with Crippen molar-refractivity contribution in [3.63, 3.8) is 0 Å². The number of rotatable bonds is 1. The Morgan fingerprint density at radius 1 is 1.80 bits per heavy atom. The number of aromatic nitrogens is 2. The van der Waals surface area contributed by atoms with Crippen LogP contribution in [0.15, 0.2) is 12.3 Å². The first kappa shape index (κ1) is 5.92. The normalized spacial score (nSPS) is 30.6. The molecule has 10 heavy (non-hydrogen) atoms. The molecule has 1 fully saturated rings. The van der Waals surface area contributed by atoms with E-state index in [1.165, 1.54) is 0 Å². The highest BCUT2D eigenvalue weighted by molar-refractivity contribution is 5.15. The van der Waals surface area contributed by atoms with E-state index in [4.69, 9.17) is 4.74 Å². The van der Waals surface area contributed by atoms with Crippen molar-refractivity contribution in [3.05, 3.63) is 18.0 Å². The van der Waals surface area contributed by atoms with Gasteiger partial charge in [0.2, 0.25) is 0 Å². The highest BCUT2D eigenvalue weighted by Crippen LogP contribution is 2.36. The van der Waals surface area contributed by atoms with Crippen LogP contribution in [-0.4, -0.2) is 16.4 Å². The lowest BCUT2D eigenvalue weighted by Gasteiger charge is -2.03. The molecule has 1 aromatic rings. The summed E-state index contributed by atoms with van der Waals surface area (Å²) >= 11 is 0. The number of nitrogens with zero attached hydrogens (tertiary/aromatic N) is 2. The summed E-state index contributed by atoms with van der Waals surface area (Å²) in [4.78, 5) is 0. The van der Waals surface area contributed by atoms with Gasteiger partial charge in [0.1, 0.15) is 5.60 Å². The molecule has 0 amide bonds. The van der Waals surface area contributed by atoms with Crippen LogP contribution in [0, 0.1) is 0 Å². The Hall–Kier alpha value is -0.830. The molecule has 2 rings (SSSR count). The second-order valence-electron chi connectivity index (χ2n) is 2.86. The largest absolute Gasteiger partial charge is 0.363 e. The lowest BCUT2D eigenvalue weighted by molar-refractivity contribution is 0.316. The van der Waals surface area contributed by atoms with E-state index in [0.717, 1.165) is 12.3 Å². The highest BCUT2D eigenvalue weighted by atomic mass is 16.6. The molecule has 1 aliphatic heterocycles. The minimum absolute atomic E-state index is 0.0365. The highest BCUT2D eigenvalue weighted by Gasteiger charge is 2.43. The van der Waals surface area contributed by atoms with Crippen molar-refractivity contribution >= 4 is 0 Å². The molecular weight excluding hydrogens is 128 g/mol. The van der Waals surface area contributed by atoms with Crippen LogP contribution in [0.5, 0.6) is 0 Å². The maximum Gasteiger partial charge on any atom is 0.130 e. The van der Waals surface area contributed by atoms with E-state index in [-0.39, 0.29) is 5.60 Å². The van der Waals surface area contributed by atoms with Crippen molar-refractivity contribution in [2.24, 2.45) is 7.05 Å². The summed E-state index contributed by atoms with van der Waals surface area (Å²) in [6.45, 7) is 2.90. The second-order valence-corrected chi connectivity index (χ2v) is 2.86. The third-order valence-corrected chi connectivity index (χ3v) is 1.94. The quantitative estimate of drug-likeness (QED) is 0.534. The molecule has 0 saturated carbocycles. The molecule has 54 valence electrons. The first-order valence-corrected chi connectivity index (χ1v) is 3.35. The van der Waals surface area contributed by atoms with E-state index >= 15 is 0 Å². The maximum absolute atomic E-state index is 5.26. The molecule has 3 heteroatoms. The predicted octanol–water partition coefficient (Wildman–Crippen LogP) is 0.665. The van der Waals surface area contributed by atoms with Gasteiger partial charge in [-0.05, 0) is 13.0 Å². The van der Waals surface area contributed by atoms with Crippen molar-refractivity contribution in [3.8, 4) is 0 Å². The van der Waals surface area contributed by atoms with Gasteiger partial charge in [-0.3, -0.25) is 4.68 Å². The average Bonchev–Trinajstić information content (AvgIpc) is 2.44. The van der Waals surface area contributed by atoms with Gasteiger partial charge in [0.15, 0.2) is 0 Å². The molecular formula is C7H10N2O.